The first-order valence-electron chi connectivity index (χ1n) is 12.7. The molecule has 0 aliphatic rings. The highest BCUT2D eigenvalue weighted by Gasteiger charge is 2.22. The van der Waals surface area contributed by atoms with Crippen molar-refractivity contribution < 1.29 is 19.1 Å². The number of ether oxygens (including phenoxy) is 1. The van der Waals surface area contributed by atoms with Crippen LogP contribution in [0.25, 0.3) is 0 Å². The minimum atomic E-state index is -0.839. The molecule has 0 unspecified atom stereocenters. The normalized spacial score (nSPS) is 12.2. The summed E-state index contributed by atoms with van der Waals surface area (Å²) < 4.78 is 5.43. The number of nitrogens with one attached hydrogen (secondary N) is 3. The Labute approximate surface area is 224 Å². The first-order valence-corrected chi connectivity index (χ1v) is 12.7. The van der Waals surface area contributed by atoms with Crippen LogP contribution in [-0.4, -0.2) is 36.5 Å². The van der Waals surface area contributed by atoms with Crippen molar-refractivity contribution in [1.29, 1.82) is 0 Å². The second-order valence-electron chi connectivity index (χ2n) is 9.34. The molecule has 0 bridgehead atoms. The van der Waals surface area contributed by atoms with E-state index in [-0.39, 0.29) is 12.3 Å². The number of nitrogens with two attached hydrogens (primary N) is 1. The molecule has 0 fully saturated rings. The predicted octanol–water partition coefficient (Wildman–Crippen LogP) is 4.04. The standard InChI is InChI=1S/C30H36N4O4/c1-20-17-25(38-30(37)34-24-14-8-5-9-15-24)18-21(2)26(20)19-27(31)29(36)33-22(3)28(35)32-16-10-13-23-11-6-4-7-12-23/h4-9,11-12,14-15,17-18,22,27H,10,13,16,19,31H2,1-3H3,(H,32,35)(H,33,36)(H,34,37)/t22-,27-/m0/s1. The third kappa shape index (κ3) is 8.74. The lowest BCUT2D eigenvalue weighted by Crippen LogP contribution is -2.51. The average Bonchev–Trinajstić information content (AvgIpc) is 2.89. The number of benzene rings is 3. The van der Waals surface area contributed by atoms with Crippen molar-refractivity contribution in [3.63, 3.8) is 0 Å². The largest absolute Gasteiger partial charge is 0.417 e. The van der Waals surface area contributed by atoms with Gasteiger partial charge in [0.2, 0.25) is 11.8 Å². The second-order valence-corrected chi connectivity index (χ2v) is 9.34. The minimum absolute atomic E-state index is 0.249. The van der Waals surface area contributed by atoms with E-state index >= 15 is 0 Å². The van der Waals surface area contributed by atoms with Crippen molar-refractivity contribution in [2.45, 2.75) is 52.1 Å². The van der Waals surface area contributed by atoms with E-state index in [9.17, 15) is 14.4 Å². The SMILES string of the molecule is Cc1cc(OC(=O)Nc2ccccc2)cc(C)c1C[C@H](N)C(=O)N[C@@H](C)C(=O)NCCCc1ccccc1. The van der Waals surface area contributed by atoms with Gasteiger partial charge in [0.1, 0.15) is 11.8 Å². The Balaban J connectivity index is 1.47. The zero-order chi connectivity index (χ0) is 27.5. The van der Waals surface area contributed by atoms with Gasteiger partial charge in [-0.05, 0) is 86.6 Å². The first-order chi connectivity index (χ1) is 18.2. The maximum absolute atomic E-state index is 12.7. The van der Waals surface area contributed by atoms with E-state index in [1.54, 1.807) is 31.2 Å². The van der Waals surface area contributed by atoms with Crippen molar-refractivity contribution in [3.05, 3.63) is 95.1 Å². The minimum Gasteiger partial charge on any atom is -0.410 e. The fourth-order valence-corrected chi connectivity index (χ4v) is 4.11. The molecular formula is C30H36N4O4. The molecule has 0 aliphatic carbocycles. The van der Waals surface area contributed by atoms with Crippen LogP contribution >= 0.6 is 0 Å². The van der Waals surface area contributed by atoms with Gasteiger partial charge in [-0.3, -0.25) is 14.9 Å². The number of carbonyl (C=O) groups is 3. The molecule has 0 aromatic heterocycles. The summed E-state index contributed by atoms with van der Waals surface area (Å²) in [4.78, 5) is 37.3. The molecule has 0 heterocycles. The van der Waals surface area contributed by atoms with Gasteiger partial charge < -0.3 is 21.1 Å². The molecule has 3 amide bonds. The Morgan fingerprint density at radius 3 is 2.13 bits per heavy atom. The molecule has 2 atom stereocenters. The van der Waals surface area contributed by atoms with Crippen molar-refractivity contribution in [1.82, 2.24) is 10.6 Å². The van der Waals surface area contributed by atoms with Crippen LogP contribution in [0, 0.1) is 13.8 Å². The monoisotopic (exact) mass is 516 g/mol. The first kappa shape index (κ1) is 28.4. The summed E-state index contributed by atoms with van der Waals surface area (Å²) in [7, 11) is 0. The predicted molar refractivity (Wildman–Crippen MR) is 149 cm³/mol. The summed E-state index contributed by atoms with van der Waals surface area (Å²) >= 11 is 0. The van der Waals surface area contributed by atoms with Gasteiger partial charge in [-0.2, -0.15) is 0 Å². The number of hydrogen-bond donors (Lipinski definition) is 4. The summed E-state index contributed by atoms with van der Waals surface area (Å²) in [5.74, 6) is -0.257. The van der Waals surface area contributed by atoms with Crippen molar-refractivity contribution >= 4 is 23.6 Å². The van der Waals surface area contributed by atoms with Crippen LogP contribution in [0.15, 0.2) is 72.8 Å². The van der Waals surface area contributed by atoms with Gasteiger partial charge >= 0.3 is 6.09 Å². The quantitative estimate of drug-likeness (QED) is 0.287. The van der Waals surface area contributed by atoms with Crippen molar-refractivity contribution in [2.24, 2.45) is 5.73 Å². The highest BCUT2D eigenvalue weighted by Crippen LogP contribution is 2.23. The van der Waals surface area contributed by atoms with E-state index in [1.165, 1.54) is 5.56 Å². The van der Waals surface area contributed by atoms with Gasteiger partial charge in [-0.1, -0.05) is 48.5 Å². The van der Waals surface area contributed by atoms with E-state index in [0.717, 1.165) is 29.5 Å². The summed E-state index contributed by atoms with van der Waals surface area (Å²) in [5.41, 5.74) is 10.6. The lowest BCUT2D eigenvalue weighted by Gasteiger charge is -2.19. The molecule has 8 nitrogen and oxygen atoms in total. The lowest BCUT2D eigenvalue weighted by atomic mass is 9.96. The van der Waals surface area contributed by atoms with Crippen LogP contribution in [0.3, 0.4) is 0 Å². The molecule has 0 spiro atoms. The number of rotatable bonds is 11. The van der Waals surface area contributed by atoms with Crippen molar-refractivity contribution in [2.75, 3.05) is 11.9 Å². The maximum Gasteiger partial charge on any atom is 0.417 e. The Hall–Kier alpha value is -4.17. The van der Waals surface area contributed by atoms with Crippen LogP contribution in [0.2, 0.25) is 0 Å². The fourth-order valence-electron chi connectivity index (χ4n) is 4.11. The fraction of sp³-hybridized carbons (Fsp3) is 0.300. The molecular weight excluding hydrogens is 480 g/mol. The molecule has 3 aromatic carbocycles. The number of carbonyl (C=O) groups excluding carboxylic acids is 3. The molecule has 200 valence electrons. The smallest absolute Gasteiger partial charge is 0.410 e. The Bertz CT molecular complexity index is 1210. The highest BCUT2D eigenvalue weighted by molar-refractivity contribution is 5.89. The number of para-hydroxylation sites is 1. The summed E-state index contributed by atoms with van der Waals surface area (Å²) in [6, 6.07) is 21.0. The van der Waals surface area contributed by atoms with Gasteiger partial charge in [-0.25, -0.2) is 4.79 Å². The third-order valence-electron chi connectivity index (χ3n) is 6.20. The van der Waals surface area contributed by atoms with Crippen LogP contribution in [0.5, 0.6) is 5.75 Å². The molecule has 38 heavy (non-hydrogen) atoms. The van der Waals surface area contributed by atoms with E-state index < -0.39 is 24.1 Å². The van der Waals surface area contributed by atoms with Crippen LogP contribution in [-0.2, 0) is 22.4 Å². The third-order valence-corrected chi connectivity index (χ3v) is 6.20. The van der Waals surface area contributed by atoms with Crippen LogP contribution in [0.4, 0.5) is 10.5 Å². The lowest BCUT2D eigenvalue weighted by molar-refractivity contribution is -0.129. The van der Waals surface area contributed by atoms with E-state index in [2.05, 4.69) is 28.1 Å². The zero-order valence-corrected chi connectivity index (χ0v) is 22.1. The number of aryl methyl sites for hydroxylation is 3. The average molecular weight is 517 g/mol. The second kappa shape index (κ2) is 13.9. The zero-order valence-electron chi connectivity index (χ0n) is 22.1. The Kier molecular flexibility index (Phi) is 10.4. The van der Waals surface area contributed by atoms with Crippen molar-refractivity contribution in [3.8, 4) is 5.75 Å². The summed E-state index contributed by atoms with van der Waals surface area (Å²) in [5, 5.41) is 8.24. The molecule has 0 saturated carbocycles. The number of hydrogen-bond acceptors (Lipinski definition) is 5. The van der Waals surface area contributed by atoms with Gasteiger partial charge in [0.25, 0.3) is 0 Å². The Morgan fingerprint density at radius 1 is 0.895 bits per heavy atom. The maximum atomic E-state index is 12.7. The van der Waals surface area contributed by atoms with E-state index in [4.69, 9.17) is 10.5 Å². The molecule has 5 N–H and O–H groups in total. The molecule has 3 aromatic rings. The van der Waals surface area contributed by atoms with Gasteiger partial charge in [0.15, 0.2) is 0 Å². The molecule has 0 aliphatic heterocycles. The molecule has 0 saturated heterocycles. The summed E-state index contributed by atoms with van der Waals surface area (Å²) in [6.07, 6.45) is 1.37. The van der Waals surface area contributed by atoms with Gasteiger partial charge in [-0.15, -0.1) is 0 Å². The van der Waals surface area contributed by atoms with E-state index in [0.29, 0.717) is 18.0 Å². The highest BCUT2D eigenvalue weighted by atomic mass is 16.6. The number of amides is 3. The molecule has 8 heteroatoms. The summed E-state index contributed by atoms with van der Waals surface area (Å²) in [6.45, 7) is 5.91. The topological polar surface area (TPSA) is 123 Å². The van der Waals surface area contributed by atoms with Crippen LogP contribution < -0.4 is 26.4 Å². The van der Waals surface area contributed by atoms with Gasteiger partial charge in [0, 0.05) is 12.2 Å². The number of anilines is 1. The molecule has 3 rings (SSSR count). The van der Waals surface area contributed by atoms with Gasteiger partial charge in [0.05, 0.1) is 6.04 Å². The molecule has 0 radical (unpaired) electrons. The Morgan fingerprint density at radius 2 is 1.50 bits per heavy atom. The van der Waals surface area contributed by atoms with E-state index in [1.807, 2.05) is 50.2 Å². The van der Waals surface area contributed by atoms with Crippen LogP contribution in [0.1, 0.15) is 35.6 Å².